The summed E-state index contributed by atoms with van der Waals surface area (Å²) in [4.78, 5) is 12.2. The summed E-state index contributed by atoms with van der Waals surface area (Å²) in [6.07, 6.45) is 0. The van der Waals surface area contributed by atoms with Gasteiger partial charge in [-0.15, -0.1) is 0 Å². The Hall–Kier alpha value is -2.97. The average molecular weight is 424 g/mol. The molecule has 2 aromatic rings. The fourth-order valence-corrected chi connectivity index (χ4v) is 3.78. The summed E-state index contributed by atoms with van der Waals surface area (Å²) in [6, 6.07) is 12.2. The van der Waals surface area contributed by atoms with Crippen molar-refractivity contribution in [3.8, 4) is 22.6 Å². The van der Waals surface area contributed by atoms with Crippen LogP contribution in [0, 0.1) is 0 Å². The number of nitrogens with two attached hydrogens (primary N) is 1. The second kappa shape index (κ2) is 8.41. The molecule has 0 saturated carbocycles. The molecular formula is C22H25N5O2S. The standard InChI is InChI=1S/C16H21N5O2S.C6H4/c1-9(24)12-8-18-4-5-21(12)16-19-11-7-14(23-3)13(22-2)6-10(11)15(17)20-16;1-2-6-4-3-5(1)6/h6-7,12,18H,4-5,8H2,1-3H3,(H2,17,19,20);1-4H. The van der Waals surface area contributed by atoms with Gasteiger partial charge in [-0.25, -0.2) is 4.98 Å². The van der Waals surface area contributed by atoms with Crippen LogP contribution in [0.25, 0.3) is 22.0 Å². The van der Waals surface area contributed by atoms with Crippen LogP contribution >= 0.6 is 12.2 Å². The number of piperazine rings is 1. The third-order valence-electron chi connectivity index (χ3n) is 5.41. The monoisotopic (exact) mass is 423 g/mol. The van der Waals surface area contributed by atoms with Gasteiger partial charge in [0.05, 0.1) is 25.8 Å². The van der Waals surface area contributed by atoms with Crippen molar-refractivity contribution >= 4 is 39.8 Å². The fraction of sp³-hybridized carbons (Fsp3) is 0.318. The van der Waals surface area contributed by atoms with E-state index in [1.54, 1.807) is 20.3 Å². The molecule has 2 heterocycles. The third-order valence-corrected chi connectivity index (χ3v) is 5.68. The van der Waals surface area contributed by atoms with Crippen LogP contribution in [-0.2, 0) is 0 Å². The number of nitrogens with zero attached hydrogens (tertiary/aromatic N) is 3. The SMILES string of the molecule is COc1cc2nc(N3CCNCC3C(C)=S)nc(N)c2cc1OC.c1cc2ccc1-2. The maximum atomic E-state index is 6.18. The van der Waals surface area contributed by atoms with Crippen LogP contribution in [0.4, 0.5) is 11.8 Å². The first-order valence-electron chi connectivity index (χ1n) is 9.79. The highest BCUT2D eigenvalue weighted by Gasteiger charge is 2.26. The van der Waals surface area contributed by atoms with Crippen LogP contribution in [0.5, 0.6) is 11.5 Å². The molecule has 1 aromatic heterocycles. The van der Waals surface area contributed by atoms with Gasteiger partial charge in [-0.2, -0.15) is 4.98 Å². The average Bonchev–Trinajstić information content (AvgIpc) is 2.75. The van der Waals surface area contributed by atoms with E-state index in [9.17, 15) is 0 Å². The molecule has 0 spiro atoms. The molecule has 2 aliphatic carbocycles. The molecule has 156 valence electrons. The van der Waals surface area contributed by atoms with E-state index >= 15 is 0 Å². The van der Waals surface area contributed by atoms with Gasteiger partial charge in [-0.1, -0.05) is 36.5 Å². The minimum absolute atomic E-state index is 0.0748. The number of rotatable bonds is 4. The van der Waals surface area contributed by atoms with E-state index in [0.29, 0.717) is 23.3 Å². The van der Waals surface area contributed by atoms with Gasteiger partial charge < -0.3 is 25.4 Å². The molecule has 0 radical (unpaired) electrons. The topological polar surface area (TPSA) is 85.5 Å². The number of ether oxygens (including phenoxy) is 2. The minimum Gasteiger partial charge on any atom is -0.493 e. The predicted octanol–water partition coefficient (Wildman–Crippen LogP) is 3.06. The number of nitrogens with one attached hydrogen (secondary N) is 1. The van der Waals surface area contributed by atoms with E-state index in [-0.39, 0.29) is 6.04 Å². The molecule has 3 aliphatic rings. The first kappa shape index (κ1) is 20.3. The number of thiocarbonyl (C=S) groups is 1. The van der Waals surface area contributed by atoms with Crippen molar-refractivity contribution in [3.05, 3.63) is 36.4 Å². The van der Waals surface area contributed by atoms with Gasteiger partial charge in [-0.05, 0) is 24.1 Å². The number of benzene rings is 2. The number of hydrogen-bond acceptors (Lipinski definition) is 8. The molecule has 5 rings (SSSR count). The Labute approximate surface area is 181 Å². The molecule has 0 amide bonds. The quantitative estimate of drug-likeness (QED) is 0.485. The summed E-state index contributed by atoms with van der Waals surface area (Å²) in [5, 5.41) is 4.09. The second-order valence-corrected chi connectivity index (χ2v) is 7.88. The van der Waals surface area contributed by atoms with E-state index in [0.717, 1.165) is 35.4 Å². The number of anilines is 2. The lowest BCUT2D eigenvalue weighted by Gasteiger charge is -2.36. The van der Waals surface area contributed by atoms with Gasteiger partial charge in [0.2, 0.25) is 5.95 Å². The normalized spacial score (nSPS) is 16.5. The molecule has 1 aliphatic heterocycles. The molecule has 30 heavy (non-hydrogen) atoms. The third kappa shape index (κ3) is 3.76. The van der Waals surface area contributed by atoms with Crippen LogP contribution in [-0.4, -0.2) is 54.7 Å². The highest BCUT2D eigenvalue weighted by atomic mass is 32.1. The number of aromatic nitrogens is 2. The number of nitrogen functional groups attached to an aromatic ring is 1. The van der Waals surface area contributed by atoms with Crippen molar-refractivity contribution in [1.29, 1.82) is 0 Å². The Kier molecular flexibility index (Phi) is 5.69. The molecular weight excluding hydrogens is 398 g/mol. The highest BCUT2D eigenvalue weighted by Crippen LogP contribution is 2.34. The fourth-order valence-electron chi connectivity index (χ4n) is 3.56. The van der Waals surface area contributed by atoms with Gasteiger partial charge >= 0.3 is 0 Å². The van der Waals surface area contributed by atoms with Crippen LogP contribution < -0.4 is 25.4 Å². The molecule has 0 bridgehead atoms. The lowest BCUT2D eigenvalue weighted by atomic mass is 9.95. The van der Waals surface area contributed by atoms with Gasteiger partial charge in [0, 0.05) is 36.0 Å². The van der Waals surface area contributed by atoms with Crippen molar-refractivity contribution in [2.45, 2.75) is 13.0 Å². The van der Waals surface area contributed by atoms with Crippen LogP contribution in [0.3, 0.4) is 0 Å². The summed E-state index contributed by atoms with van der Waals surface area (Å²) >= 11 is 5.39. The van der Waals surface area contributed by atoms with E-state index in [1.807, 2.05) is 13.0 Å². The van der Waals surface area contributed by atoms with Crippen LogP contribution in [0.2, 0.25) is 0 Å². The molecule has 1 aromatic carbocycles. The van der Waals surface area contributed by atoms with Crippen molar-refractivity contribution in [1.82, 2.24) is 15.3 Å². The Bertz CT molecular complexity index is 1070. The van der Waals surface area contributed by atoms with E-state index in [4.69, 9.17) is 27.4 Å². The summed E-state index contributed by atoms with van der Waals surface area (Å²) < 4.78 is 10.7. The molecule has 1 saturated heterocycles. The summed E-state index contributed by atoms with van der Waals surface area (Å²) in [5.41, 5.74) is 9.75. The largest absolute Gasteiger partial charge is 0.493 e. The first-order chi connectivity index (χ1) is 14.5. The summed E-state index contributed by atoms with van der Waals surface area (Å²) in [5.74, 6) is 2.21. The minimum atomic E-state index is 0.0748. The first-order valence-corrected chi connectivity index (χ1v) is 10.2. The predicted molar refractivity (Wildman–Crippen MR) is 125 cm³/mol. The van der Waals surface area contributed by atoms with Crippen LogP contribution in [0.15, 0.2) is 36.4 Å². The lowest BCUT2D eigenvalue weighted by Crippen LogP contribution is -2.54. The smallest absolute Gasteiger partial charge is 0.228 e. The van der Waals surface area contributed by atoms with Gasteiger partial charge in [-0.3, -0.25) is 0 Å². The zero-order chi connectivity index (χ0) is 21.3. The Balaban J connectivity index is 0.000000305. The van der Waals surface area contributed by atoms with Crippen molar-refractivity contribution in [2.75, 3.05) is 44.5 Å². The maximum Gasteiger partial charge on any atom is 0.228 e. The molecule has 7 nitrogen and oxygen atoms in total. The van der Waals surface area contributed by atoms with Gasteiger partial charge in [0.1, 0.15) is 5.82 Å². The van der Waals surface area contributed by atoms with Gasteiger partial charge in [0.15, 0.2) is 11.5 Å². The lowest BCUT2D eigenvalue weighted by molar-refractivity contribution is 0.356. The van der Waals surface area contributed by atoms with Crippen molar-refractivity contribution in [3.63, 3.8) is 0 Å². The van der Waals surface area contributed by atoms with Gasteiger partial charge in [0.25, 0.3) is 0 Å². The van der Waals surface area contributed by atoms with Crippen LogP contribution in [0.1, 0.15) is 6.92 Å². The zero-order valence-electron chi connectivity index (χ0n) is 17.3. The zero-order valence-corrected chi connectivity index (χ0v) is 18.1. The molecule has 1 atom stereocenters. The van der Waals surface area contributed by atoms with E-state index in [1.165, 1.54) is 11.1 Å². The molecule has 1 fully saturated rings. The second-order valence-electron chi connectivity index (χ2n) is 7.23. The van der Waals surface area contributed by atoms with E-state index < -0.39 is 0 Å². The van der Waals surface area contributed by atoms with E-state index in [2.05, 4.69) is 44.5 Å². The number of fused-ring (bicyclic) bond motifs is 2. The Morgan fingerprint density at radius 1 is 1.10 bits per heavy atom. The summed E-state index contributed by atoms with van der Waals surface area (Å²) in [6.45, 7) is 4.35. The molecule has 3 N–H and O–H groups in total. The van der Waals surface area contributed by atoms with Crippen molar-refractivity contribution in [2.24, 2.45) is 0 Å². The number of methoxy groups -OCH3 is 2. The maximum absolute atomic E-state index is 6.18. The Morgan fingerprint density at radius 3 is 2.27 bits per heavy atom. The highest BCUT2D eigenvalue weighted by molar-refractivity contribution is 7.80. The summed E-state index contributed by atoms with van der Waals surface area (Å²) in [7, 11) is 3.18. The number of hydrogen-bond donors (Lipinski definition) is 2. The molecule has 1 unspecified atom stereocenters. The Morgan fingerprint density at radius 2 is 1.73 bits per heavy atom. The van der Waals surface area contributed by atoms with Crippen molar-refractivity contribution < 1.29 is 9.47 Å². The molecule has 8 heteroatoms.